The zero-order chi connectivity index (χ0) is 25.5. The van der Waals surface area contributed by atoms with Crippen molar-refractivity contribution in [2.75, 3.05) is 20.8 Å². The molecule has 0 bridgehead atoms. The summed E-state index contributed by atoms with van der Waals surface area (Å²) in [7, 11) is 2.84. The lowest BCUT2D eigenvalue weighted by Gasteiger charge is -2.22. The summed E-state index contributed by atoms with van der Waals surface area (Å²) in [4.78, 5) is 38.4. The van der Waals surface area contributed by atoms with Gasteiger partial charge in [-0.05, 0) is 60.2 Å². The van der Waals surface area contributed by atoms with Gasteiger partial charge in [-0.15, -0.1) is 0 Å². The predicted octanol–water partition coefficient (Wildman–Crippen LogP) is 4.93. The number of benzene rings is 2. The summed E-state index contributed by atoms with van der Waals surface area (Å²) < 4.78 is 11.6. The second-order valence-electron chi connectivity index (χ2n) is 8.96. The molecule has 0 amide bonds. The number of pyridine rings is 1. The van der Waals surface area contributed by atoms with Crippen LogP contribution in [0.4, 0.5) is 0 Å². The predicted molar refractivity (Wildman–Crippen MR) is 137 cm³/mol. The molecule has 2 unspecified atom stereocenters. The van der Waals surface area contributed by atoms with Crippen molar-refractivity contribution in [3.63, 3.8) is 0 Å². The van der Waals surface area contributed by atoms with Crippen LogP contribution in [0.25, 0.3) is 11.1 Å². The molecule has 0 spiro atoms. The van der Waals surface area contributed by atoms with Crippen molar-refractivity contribution in [2.45, 2.75) is 45.6 Å². The van der Waals surface area contributed by atoms with Gasteiger partial charge in [0.1, 0.15) is 6.04 Å². The normalized spacial score (nSPS) is 12.7. The first-order valence-electron chi connectivity index (χ1n) is 11.7. The van der Waals surface area contributed by atoms with Gasteiger partial charge in [-0.25, -0.2) is 0 Å². The number of hydrogen-bond donors (Lipinski definition) is 0. The molecule has 0 aliphatic rings. The molecule has 0 radical (unpaired) electrons. The maximum atomic E-state index is 13.5. The molecule has 2 atom stereocenters. The Morgan fingerprint density at radius 3 is 2.23 bits per heavy atom. The van der Waals surface area contributed by atoms with Crippen LogP contribution in [0.15, 0.2) is 65.6 Å². The number of carbonyl (C=O) groups is 2. The highest BCUT2D eigenvalue weighted by Crippen LogP contribution is 2.33. The average molecular weight is 476 g/mol. The number of aromatic nitrogens is 1. The lowest BCUT2D eigenvalue weighted by molar-refractivity contribution is -0.141. The fourth-order valence-corrected chi connectivity index (χ4v) is 4.52. The lowest BCUT2D eigenvalue weighted by atomic mass is 9.86. The molecule has 0 aliphatic carbocycles. The Kier molecular flexibility index (Phi) is 8.77. The summed E-state index contributed by atoms with van der Waals surface area (Å²) in [6.45, 7) is 6.03. The second-order valence-corrected chi connectivity index (χ2v) is 8.96. The van der Waals surface area contributed by atoms with Gasteiger partial charge in [0.15, 0.2) is 5.78 Å². The fraction of sp³-hybridized carbons (Fsp3) is 0.345. The van der Waals surface area contributed by atoms with Crippen LogP contribution < -0.4 is 5.56 Å². The van der Waals surface area contributed by atoms with Crippen LogP contribution in [0.5, 0.6) is 0 Å². The molecule has 6 nitrogen and oxygen atoms in total. The quantitative estimate of drug-likeness (QED) is 0.389. The van der Waals surface area contributed by atoms with Crippen molar-refractivity contribution in [1.29, 1.82) is 0 Å². The SMILES string of the molecule is COCC(C(=O)CC(CC(=O)OC)c1cccc(-c2c(C)cccc2C)c1)n1ccc(C)cc1=O. The van der Waals surface area contributed by atoms with E-state index in [1.165, 1.54) is 24.9 Å². The second kappa shape index (κ2) is 11.8. The molecule has 2 aromatic carbocycles. The fourth-order valence-electron chi connectivity index (χ4n) is 4.52. The van der Waals surface area contributed by atoms with Crippen LogP contribution in [0.2, 0.25) is 0 Å². The van der Waals surface area contributed by atoms with Gasteiger partial charge >= 0.3 is 5.97 Å². The summed E-state index contributed by atoms with van der Waals surface area (Å²) in [5.41, 5.74) is 5.91. The molecule has 184 valence electrons. The number of rotatable bonds is 10. The minimum atomic E-state index is -0.782. The van der Waals surface area contributed by atoms with Gasteiger partial charge in [-0.2, -0.15) is 0 Å². The van der Waals surface area contributed by atoms with Crippen LogP contribution in [-0.4, -0.2) is 37.1 Å². The number of methoxy groups -OCH3 is 2. The molecule has 0 aliphatic heterocycles. The van der Waals surface area contributed by atoms with Crippen molar-refractivity contribution >= 4 is 11.8 Å². The van der Waals surface area contributed by atoms with Gasteiger partial charge in [0.05, 0.1) is 20.1 Å². The van der Waals surface area contributed by atoms with Crippen molar-refractivity contribution in [3.05, 3.63) is 93.4 Å². The monoisotopic (exact) mass is 475 g/mol. The Morgan fingerprint density at radius 1 is 0.914 bits per heavy atom. The summed E-state index contributed by atoms with van der Waals surface area (Å²) in [6.07, 6.45) is 1.75. The third-order valence-electron chi connectivity index (χ3n) is 6.35. The first-order chi connectivity index (χ1) is 16.7. The highest BCUT2D eigenvalue weighted by Gasteiger charge is 2.27. The number of esters is 1. The van der Waals surface area contributed by atoms with Gasteiger partial charge in [-0.1, -0.05) is 42.5 Å². The van der Waals surface area contributed by atoms with Gasteiger partial charge in [0.2, 0.25) is 0 Å². The lowest BCUT2D eigenvalue weighted by Crippen LogP contribution is -2.33. The first-order valence-corrected chi connectivity index (χ1v) is 11.7. The van der Waals surface area contributed by atoms with E-state index >= 15 is 0 Å². The Labute approximate surface area is 206 Å². The summed E-state index contributed by atoms with van der Waals surface area (Å²) in [6, 6.07) is 16.6. The van der Waals surface area contributed by atoms with E-state index < -0.39 is 17.9 Å². The molecule has 0 N–H and O–H groups in total. The highest BCUT2D eigenvalue weighted by atomic mass is 16.5. The molecular weight excluding hydrogens is 442 g/mol. The van der Waals surface area contributed by atoms with Gasteiger partial charge in [0.25, 0.3) is 5.56 Å². The summed E-state index contributed by atoms with van der Waals surface area (Å²) >= 11 is 0. The van der Waals surface area contributed by atoms with Crippen molar-refractivity contribution in [2.24, 2.45) is 0 Å². The third-order valence-corrected chi connectivity index (χ3v) is 6.35. The number of Topliss-reactive ketones (excluding diaryl/α,β-unsaturated/α-hetero) is 1. The number of hydrogen-bond acceptors (Lipinski definition) is 5. The first kappa shape index (κ1) is 26.1. The zero-order valence-electron chi connectivity index (χ0n) is 21.0. The van der Waals surface area contributed by atoms with E-state index in [0.717, 1.165) is 33.4 Å². The molecule has 1 aromatic heterocycles. The van der Waals surface area contributed by atoms with Gasteiger partial charge < -0.3 is 14.0 Å². The minimum Gasteiger partial charge on any atom is -0.469 e. The molecule has 0 saturated carbocycles. The van der Waals surface area contributed by atoms with Crippen LogP contribution in [0.1, 0.15) is 47.1 Å². The molecule has 0 fully saturated rings. The van der Waals surface area contributed by atoms with Gasteiger partial charge in [0, 0.05) is 31.7 Å². The molecule has 6 heteroatoms. The Balaban J connectivity index is 1.98. The minimum absolute atomic E-state index is 0.0565. The maximum absolute atomic E-state index is 13.5. The maximum Gasteiger partial charge on any atom is 0.306 e. The Hall–Kier alpha value is -3.51. The number of ketones is 1. The van der Waals surface area contributed by atoms with Crippen molar-refractivity contribution in [1.82, 2.24) is 4.57 Å². The van der Waals surface area contributed by atoms with E-state index in [1.807, 2.05) is 37.3 Å². The smallest absolute Gasteiger partial charge is 0.306 e. The average Bonchev–Trinajstić information content (AvgIpc) is 2.82. The number of ether oxygens (including phenoxy) is 2. The zero-order valence-corrected chi connectivity index (χ0v) is 21.0. The van der Waals surface area contributed by atoms with Crippen molar-refractivity contribution < 1.29 is 19.1 Å². The Bertz CT molecular complexity index is 1240. The van der Waals surface area contributed by atoms with Crippen LogP contribution in [-0.2, 0) is 19.1 Å². The van der Waals surface area contributed by atoms with E-state index in [4.69, 9.17) is 9.47 Å². The van der Waals surface area contributed by atoms with E-state index in [1.54, 1.807) is 12.3 Å². The third kappa shape index (κ3) is 6.34. The van der Waals surface area contributed by atoms with E-state index in [0.29, 0.717) is 0 Å². The molecule has 0 saturated heterocycles. The van der Waals surface area contributed by atoms with Crippen LogP contribution in [0, 0.1) is 20.8 Å². The van der Waals surface area contributed by atoms with Crippen molar-refractivity contribution in [3.8, 4) is 11.1 Å². The molecule has 1 heterocycles. The molecule has 35 heavy (non-hydrogen) atoms. The number of aryl methyl sites for hydroxylation is 3. The summed E-state index contributed by atoms with van der Waals surface area (Å²) in [5.74, 6) is -0.972. The molecule has 3 aromatic rings. The molecular formula is C29H33NO5. The largest absolute Gasteiger partial charge is 0.469 e. The van der Waals surface area contributed by atoms with Crippen LogP contribution >= 0.6 is 0 Å². The Morgan fingerprint density at radius 2 is 1.60 bits per heavy atom. The summed E-state index contributed by atoms with van der Waals surface area (Å²) in [5, 5.41) is 0. The standard InChI is InChI=1S/C29H33NO5/c1-19-12-13-30(27(32)14-19)25(18-34-4)26(31)16-24(17-28(33)35-5)22-10-7-11-23(15-22)29-20(2)8-6-9-21(29)3/h6-15,24-25H,16-18H2,1-5H3. The highest BCUT2D eigenvalue weighted by molar-refractivity contribution is 5.84. The van der Waals surface area contributed by atoms with E-state index in [9.17, 15) is 14.4 Å². The van der Waals surface area contributed by atoms with Crippen LogP contribution in [0.3, 0.4) is 0 Å². The number of carbonyl (C=O) groups excluding carboxylic acids is 2. The van der Waals surface area contributed by atoms with E-state index in [2.05, 4.69) is 26.0 Å². The molecule has 3 rings (SSSR count). The van der Waals surface area contributed by atoms with Gasteiger partial charge in [-0.3, -0.25) is 14.4 Å². The number of nitrogens with zero attached hydrogens (tertiary/aromatic N) is 1. The topological polar surface area (TPSA) is 74.6 Å². The van der Waals surface area contributed by atoms with E-state index in [-0.39, 0.29) is 30.8 Å².